The molecule has 1 atom stereocenters. The molecule has 1 aromatic heterocycles. The first-order valence-corrected chi connectivity index (χ1v) is 8.98. The lowest BCUT2D eigenvalue weighted by Crippen LogP contribution is -2.32. The number of benzene rings is 2. The summed E-state index contributed by atoms with van der Waals surface area (Å²) in [6, 6.07) is 22.4. The van der Waals surface area contributed by atoms with Crippen LogP contribution in [0.1, 0.15) is 24.2 Å². The van der Waals surface area contributed by atoms with E-state index in [2.05, 4.69) is 20.9 Å². The molecule has 6 nitrogen and oxygen atoms in total. The molecule has 1 heterocycles. The summed E-state index contributed by atoms with van der Waals surface area (Å²) in [7, 11) is 0. The second-order valence-corrected chi connectivity index (χ2v) is 6.29. The number of carbonyl (C=O) groups excluding carboxylic acids is 2. The highest BCUT2D eigenvalue weighted by molar-refractivity contribution is 5.94. The Hall–Kier alpha value is -3.51. The Morgan fingerprint density at radius 2 is 1.61 bits per heavy atom. The quantitative estimate of drug-likeness (QED) is 0.592. The number of hydrogen-bond acceptors (Lipinski definition) is 4. The van der Waals surface area contributed by atoms with Crippen molar-refractivity contribution in [2.75, 3.05) is 17.2 Å². The largest absolute Gasteiger partial charge is 0.326 e. The number of carbonyl (C=O) groups is 2. The first kappa shape index (κ1) is 19.3. The van der Waals surface area contributed by atoms with Gasteiger partial charge in [-0.05, 0) is 35.9 Å². The maximum Gasteiger partial charge on any atom is 0.238 e. The van der Waals surface area contributed by atoms with Crippen molar-refractivity contribution in [2.45, 2.75) is 13.0 Å². The molecule has 0 saturated carbocycles. The topological polar surface area (TPSA) is 83.1 Å². The van der Waals surface area contributed by atoms with Crippen LogP contribution in [-0.4, -0.2) is 23.3 Å². The third kappa shape index (κ3) is 5.49. The summed E-state index contributed by atoms with van der Waals surface area (Å²) in [5.41, 5.74) is 3.12. The zero-order chi connectivity index (χ0) is 19.8. The molecule has 2 aromatic carbocycles. The number of aromatic nitrogens is 1. The summed E-state index contributed by atoms with van der Waals surface area (Å²) in [5, 5.41) is 8.81. The van der Waals surface area contributed by atoms with Crippen molar-refractivity contribution >= 4 is 23.2 Å². The highest BCUT2D eigenvalue weighted by Gasteiger charge is 2.16. The van der Waals surface area contributed by atoms with Gasteiger partial charge in [0, 0.05) is 24.5 Å². The second-order valence-electron chi connectivity index (χ2n) is 6.29. The van der Waals surface area contributed by atoms with Crippen molar-refractivity contribution in [1.29, 1.82) is 0 Å². The zero-order valence-electron chi connectivity index (χ0n) is 15.6. The first-order valence-electron chi connectivity index (χ1n) is 8.98. The van der Waals surface area contributed by atoms with Gasteiger partial charge in [-0.15, -0.1) is 0 Å². The summed E-state index contributed by atoms with van der Waals surface area (Å²) >= 11 is 0. The molecule has 0 fully saturated rings. The highest BCUT2D eigenvalue weighted by Crippen LogP contribution is 2.20. The van der Waals surface area contributed by atoms with E-state index in [-0.39, 0.29) is 24.4 Å². The minimum Gasteiger partial charge on any atom is -0.326 e. The van der Waals surface area contributed by atoms with E-state index in [1.807, 2.05) is 48.5 Å². The van der Waals surface area contributed by atoms with Gasteiger partial charge in [0.1, 0.15) is 0 Å². The molecule has 2 amide bonds. The number of anilines is 2. The highest BCUT2D eigenvalue weighted by atomic mass is 16.2. The summed E-state index contributed by atoms with van der Waals surface area (Å²) in [4.78, 5) is 28.0. The van der Waals surface area contributed by atoms with Crippen molar-refractivity contribution in [3.05, 3.63) is 90.3 Å². The Balaban J connectivity index is 1.67. The van der Waals surface area contributed by atoms with Gasteiger partial charge < -0.3 is 10.6 Å². The van der Waals surface area contributed by atoms with Crippen LogP contribution in [0.4, 0.5) is 11.4 Å². The van der Waals surface area contributed by atoms with E-state index in [0.29, 0.717) is 11.4 Å². The Labute approximate surface area is 164 Å². The van der Waals surface area contributed by atoms with Crippen molar-refractivity contribution in [3.8, 4) is 0 Å². The van der Waals surface area contributed by atoms with Gasteiger partial charge in [0.2, 0.25) is 11.8 Å². The molecule has 1 unspecified atom stereocenters. The van der Waals surface area contributed by atoms with Gasteiger partial charge in [-0.2, -0.15) is 0 Å². The van der Waals surface area contributed by atoms with Crippen LogP contribution in [-0.2, 0) is 9.59 Å². The van der Waals surface area contributed by atoms with E-state index < -0.39 is 0 Å². The minimum atomic E-state index is -0.195. The van der Waals surface area contributed by atoms with Gasteiger partial charge in [-0.25, -0.2) is 0 Å². The molecule has 142 valence electrons. The predicted molar refractivity (Wildman–Crippen MR) is 110 cm³/mol. The maximum absolute atomic E-state index is 12.4. The van der Waals surface area contributed by atoms with Gasteiger partial charge in [-0.3, -0.25) is 19.9 Å². The second kappa shape index (κ2) is 9.43. The molecule has 0 aliphatic heterocycles. The monoisotopic (exact) mass is 374 g/mol. The van der Waals surface area contributed by atoms with Crippen LogP contribution in [0.2, 0.25) is 0 Å². The summed E-state index contributed by atoms with van der Waals surface area (Å²) < 4.78 is 0. The lowest BCUT2D eigenvalue weighted by atomic mass is 10.0. The van der Waals surface area contributed by atoms with E-state index in [1.165, 1.54) is 6.92 Å². The maximum atomic E-state index is 12.4. The summed E-state index contributed by atoms with van der Waals surface area (Å²) in [6.07, 6.45) is 1.74. The molecule has 3 rings (SSSR count). The van der Waals surface area contributed by atoms with E-state index in [4.69, 9.17) is 0 Å². The van der Waals surface area contributed by atoms with Gasteiger partial charge in [-0.1, -0.05) is 42.5 Å². The fourth-order valence-corrected chi connectivity index (χ4v) is 2.86. The third-order valence-electron chi connectivity index (χ3n) is 4.05. The van der Waals surface area contributed by atoms with Crippen LogP contribution in [0.15, 0.2) is 79.0 Å². The Bertz CT molecular complexity index is 890. The van der Waals surface area contributed by atoms with Crippen LogP contribution in [0, 0.1) is 0 Å². The van der Waals surface area contributed by atoms with Crippen molar-refractivity contribution in [1.82, 2.24) is 10.3 Å². The van der Waals surface area contributed by atoms with Crippen molar-refractivity contribution in [2.24, 2.45) is 0 Å². The summed E-state index contributed by atoms with van der Waals surface area (Å²) in [6.45, 7) is 1.55. The zero-order valence-corrected chi connectivity index (χ0v) is 15.6. The average Bonchev–Trinajstić information content (AvgIpc) is 2.69. The van der Waals surface area contributed by atoms with Crippen LogP contribution >= 0.6 is 0 Å². The van der Waals surface area contributed by atoms with Gasteiger partial charge in [0.25, 0.3) is 0 Å². The lowest BCUT2D eigenvalue weighted by Gasteiger charge is -2.18. The molecule has 28 heavy (non-hydrogen) atoms. The van der Waals surface area contributed by atoms with E-state index in [9.17, 15) is 9.59 Å². The predicted octanol–water partition coefficient (Wildman–Crippen LogP) is 3.36. The van der Waals surface area contributed by atoms with Crippen molar-refractivity contribution < 1.29 is 9.59 Å². The summed E-state index contributed by atoms with van der Waals surface area (Å²) in [5.74, 6) is -0.344. The lowest BCUT2D eigenvalue weighted by molar-refractivity contribution is -0.115. The molecule has 3 N–H and O–H groups in total. The number of nitrogens with zero attached hydrogens (tertiary/aromatic N) is 1. The van der Waals surface area contributed by atoms with Crippen molar-refractivity contribution in [3.63, 3.8) is 0 Å². The SMILES string of the molecule is CC(=O)Nc1cccc(NC(=O)CNC(c2ccccc2)c2ccccn2)c1. The Morgan fingerprint density at radius 3 is 2.29 bits per heavy atom. The van der Waals surface area contributed by atoms with Gasteiger partial charge in [0.05, 0.1) is 18.3 Å². The molecular weight excluding hydrogens is 352 g/mol. The van der Waals surface area contributed by atoms with Crippen LogP contribution in [0.5, 0.6) is 0 Å². The standard InChI is InChI=1S/C22H22N4O2/c1-16(27)25-18-10-7-11-19(14-18)26-21(28)15-24-22(17-8-3-2-4-9-17)20-12-5-6-13-23-20/h2-14,22,24H,15H2,1H3,(H,25,27)(H,26,28). The van der Waals surface area contributed by atoms with Crippen LogP contribution in [0.25, 0.3) is 0 Å². The Kier molecular flexibility index (Phi) is 6.49. The first-order chi connectivity index (χ1) is 13.6. The molecular formula is C22H22N4O2. The van der Waals surface area contributed by atoms with Crippen LogP contribution < -0.4 is 16.0 Å². The number of hydrogen-bond donors (Lipinski definition) is 3. The number of pyridine rings is 1. The normalized spacial score (nSPS) is 11.5. The third-order valence-corrected chi connectivity index (χ3v) is 4.05. The molecule has 0 aliphatic rings. The molecule has 3 aromatic rings. The molecule has 0 saturated heterocycles. The fourth-order valence-electron chi connectivity index (χ4n) is 2.86. The molecule has 0 spiro atoms. The van der Waals surface area contributed by atoms with Gasteiger partial charge in [0.15, 0.2) is 0 Å². The van der Waals surface area contributed by atoms with E-state index >= 15 is 0 Å². The number of nitrogens with one attached hydrogen (secondary N) is 3. The molecule has 0 aliphatic carbocycles. The average molecular weight is 374 g/mol. The molecule has 0 bridgehead atoms. The van der Waals surface area contributed by atoms with Gasteiger partial charge >= 0.3 is 0 Å². The number of amides is 2. The van der Waals surface area contributed by atoms with Crippen LogP contribution in [0.3, 0.4) is 0 Å². The Morgan fingerprint density at radius 1 is 0.893 bits per heavy atom. The van der Waals surface area contributed by atoms with E-state index in [1.54, 1.807) is 30.5 Å². The molecule has 0 radical (unpaired) electrons. The van der Waals surface area contributed by atoms with E-state index in [0.717, 1.165) is 11.3 Å². The minimum absolute atomic E-state index is 0.112. The smallest absolute Gasteiger partial charge is 0.238 e. The molecule has 6 heteroatoms. The number of rotatable bonds is 7. The fraction of sp³-hybridized carbons (Fsp3) is 0.136.